The molecule has 1 aromatic rings. The highest BCUT2D eigenvalue weighted by Gasteiger charge is 2.26. The van der Waals surface area contributed by atoms with Crippen molar-refractivity contribution >= 4 is 33.4 Å². The Morgan fingerprint density at radius 1 is 1.45 bits per heavy atom. The first-order valence-electron chi connectivity index (χ1n) is 7.71. The molecule has 0 bridgehead atoms. The Labute approximate surface area is 145 Å². The van der Waals surface area contributed by atoms with Crippen LogP contribution in [0.25, 0.3) is 0 Å². The third kappa shape index (κ3) is 5.25. The SMILES string of the molecule is Cc1sc(CNC2CCN(C(=O)OC(C)(C)C)CC2)cc1Br. The molecule has 0 unspecified atom stereocenters. The molecule has 124 valence electrons. The lowest BCUT2D eigenvalue weighted by Crippen LogP contribution is -2.46. The summed E-state index contributed by atoms with van der Waals surface area (Å²) in [7, 11) is 0. The Hall–Kier alpha value is -0.590. The average Bonchev–Trinajstić information content (AvgIpc) is 2.74. The third-order valence-corrected chi connectivity index (χ3v) is 5.76. The summed E-state index contributed by atoms with van der Waals surface area (Å²) in [5.74, 6) is 0. The minimum Gasteiger partial charge on any atom is -0.444 e. The van der Waals surface area contributed by atoms with Crippen molar-refractivity contribution in [3.05, 3.63) is 20.3 Å². The molecule has 22 heavy (non-hydrogen) atoms. The second-order valence-electron chi connectivity index (χ2n) is 6.74. The van der Waals surface area contributed by atoms with Crippen LogP contribution in [0.2, 0.25) is 0 Å². The van der Waals surface area contributed by atoms with Gasteiger partial charge in [0.15, 0.2) is 0 Å². The topological polar surface area (TPSA) is 41.6 Å². The quantitative estimate of drug-likeness (QED) is 0.838. The minimum absolute atomic E-state index is 0.191. The summed E-state index contributed by atoms with van der Waals surface area (Å²) in [4.78, 5) is 16.5. The number of nitrogens with one attached hydrogen (secondary N) is 1. The van der Waals surface area contributed by atoms with E-state index in [0.717, 1.165) is 32.5 Å². The first kappa shape index (κ1) is 17.8. The van der Waals surface area contributed by atoms with E-state index in [0.29, 0.717) is 6.04 Å². The van der Waals surface area contributed by atoms with Gasteiger partial charge in [0, 0.05) is 39.9 Å². The third-order valence-electron chi connectivity index (χ3n) is 3.62. The van der Waals surface area contributed by atoms with Crippen LogP contribution in [-0.2, 0) is 11.3 Å². The fourth-order valence-corrected chi connectivity index (χ4v) is 4.00. The standard InChI is InChI=1S/C16H25BrN2O2S/c1-11-14(17)9-13(22-11)10-18-12-5-7-19(8-6-12)15(20)21-16(2,3)4/h9,12,18H,5-8,10H2,1-4H3. The Morgan fingerprint density at radius 3 is 2.59 bits per heavy atom. The lowest BCUT2D eigenvalue weighted by atomic mass is 10.1. The maximum atomic E-state index is 12.0. The summed E-state index contributed by atoms with van der Waals surface area (Å²) in [6, 6.07) is 2.66. The second kappa shape index (κ2) is 7.32. The molecule has 1 aliphatic rings. The van der Waals surface area contributed by atoms with E-state index in [-0.39, 0.29) is 6.09 Å². The van der Waals surface area contributed by atoms with Gasteiger partial charge in [-0.15, -0.1) is 11.3 Å². The summed E-state index contributed by atoms with van der Waals surface area (Å²) in [6.07, 6.45) is 1.76. The normalized spacial score (nSPS) is 16.9. The summed E-state index contributed by atoms with van der Waals surface area (Å²) in [6.45, 7) is 10.3. The molecule has 1 aliphatic heterocycles. The number of rotatable bonds is 3. The highest BCUT2D eigenvalue weighted by molar-refractivity contribution is 9.10. The van der Waals surface area contributed by atoms with E-state index in [1.807, 2.05) is 37.0 Å². The van der Waals surface area contributed by atoms with Crippen LogP contribution < -0.4 is 5.32 Å². The van der Waals surface area contributed by atoms with Gasteiger partial charge in [-0.1, -0.05) is 0 Å². The van der Waals surface area contributed by atoms with Crippen LogP contribution >= 0.6 is 27.3 Å². The summed E-state index contributed by atoms with van der Waals surface area (Å²) < 4.78 is 6.61. The Balaban J connectivity index is 1.74. The van der Waals surface area contributed by atoms with Crippen LogP contribution in [0.4, 0.5) is 4.79 Å². The van der Waals surface area contributed by atoms with E-state index in [9.17, 15) is 4.79 Å². The van der Waals surface area contributed by atoms with Gasteiger partial charge in [0.25, 0.3) is 0 Å². The van der Waals surface area contributed by atoms with Gasteiger partial charge in [-0.3, -0.25) is 0 Å². The molecule has 6 heteroatoms. The van der Waals surface area contributed by atoms with Crippen LogP contribution in [-0.4, -0.2) is 35.7 Å². The number of amides is 1. The smallest absolute Gasteiger partial charge is 0.410 e. The van der Waals surface area contributed by atoms with E-state index in [2.05, 4.69) is 34.2 Å². The van der Waals surface area contributed by atoms with Crippen molar-refractivity contribution in [2.24, 2.45) is 0 Å². The number of likely N-dealkylation sites (tertiary alicyclic amines) is 1. The number of halogens is 1. The number of ether oxygens (including phenoxy) is 1. The van der Waals surface area contributed by atoms with E-state index < -0.39 is 5.60 Å². The zero-order chi connectivity index (χ0) is 16.3. The van der Waals surface area contributed by atoms with Crippen molar-refractivity contribution in [1.82, 2.24) is 10.2 Å². The van der Waals surface area contributed by atoms with Crippen LogP contribution in [0.15, 0.2) is 10.5 Å². The number of hydrogen-bond acceptors (Lipinski definition) is 4. The predicted octanol–water partition coefficient (Wildman–Crippen LogP) is 4.31. The first-order valence-corrected chi connectivity index (χ1v) is 9.31. The Kier molecular flexibility index (Phi) is 5.91. The average molecular weight is 389 g/mol. The molecular weight excluding hydrogens is 364 g/mol. The van der Waals surface area contributed by atoms with Gasteiger partial charge in [0.1, 0.15) is 5.60 Å². The zero-order valence-corrected chi connectivity index (χ0v) is 16.1. The fraction of sp³-hybridized carbons (Fsp3) is 0.688. The molecule has 2 rings (SSSR count). The van der Waals surface area contributed by atoms with Gasteiger partial charge in [0.05, 0.1) is 0 Å². The fourth-order valence-electron chi connectivity index (χ4n) is 2.44. The van der Waals surface area contributed by atoms with Gasteiger partial charge in [-0.25, -0.2) is 4.79 Å². The molecule has 1 saturated heterocycles. The molecule has 4 nitrogen and oxygen atoms in total. The Bertz CT molecular complexity index is 497. The summed E-state index contributed by atoms with van der Waals surface area (Å²) in [5.41, 5.74) is -0.420. The van der Waals surface area contributed by atoms with E-state index in [4.69, 9.17) is 4.74 Å². The lowest BCUT2D eigenvalue weighted by Gasteiger charge is -2.33. The van der Waals surface area contributed by atoms with E-state index in [1.165, 1.54) is 14.2 Å². The monoisotopic (exact) mass is 388 g/mol. The number of hydrogen-bond donors (Lipinski definition) is 1. The molecule has 0 aliphatic carbocycles. The number of aryl methyl sites for hydroxylation is 1. The molecule has 1 amide bonds. The highest BCUT2D eigenvalue weighted by Crippen LogP contribution is 2.26. The Morgan fingerprint density at radius 2 is 2.09 bits per heavy atom. The molecule has 0 radical (unpaired) electrons. The van der Waals surface area contributed by atoms with E-state index >= 15 is 0 Å². The molecule has 1 fully saturated rings. The summed E-state index contributed by atoms with van der Waals surface area (Å²) in [5, 5.41) is 3.60. The van der Waals surface area contributed by atoms with Crippen molar-refractivity contribution in [3.8, 4) is 0 Å². The van der Waals surface area contributed by atoms with Crippen molar-refractivity contribution in [2.75, 3.05) is 13.1 Å². The molecule has 0 spiro atoms. The highest BCUT2D eigenvalue weighted by atomic mass is 79.9. The maximum Gasteiger partial charge on any atom is 0.410 e. The zero-order valence-electron chi connectivity index (χ0n) is 13.7. The minimum atomic E-state index is -0.420. The maximum absolute atomic E-state index is 12.0. The molecular formula is C16H25BrN2O2S. The summed E-state index contributed by atoms with van der Waals surface area (Å²) >= 11 is 5.38. The van der Waals surface area contributed by atoms with Gasteiger partial charge in [0.2, 0.25) is 0 Å². The molecule has 0 saturated carbocycles. The number of carbonyl (C=O) groups excluding carboxylic acids is 1. The van der Waals surface area contributed by atoms with Crippen molar-refractivity contribution in [2.45, 2.75) is 58.7 Å². The predicted molar refractivity (Wildman–Crippen MR) is 94.4 cm³/mol. The molecule has 2 heterocycles. The molecule has 1 N–H and O–H groups in total. The van der Waals surface area contributed by atoms with Gasteiger partial charge in [-0.2, -0.15) is 0 Å². The first-order chi connectivity index (χ1) is 10.2. The van der Waals surface area contributed by atoms with Gasteiger partial charge >= 0.3 is 6.09 Å². The number of thiophene rings is 1. The lowest BCUT2D eigenvalue weighted by molar-refractivity contribution is 0.0198. The number of piperidine rings is 1. The number of nitrogens with zero attached hydrogens (tertiary/aromatic N) is 1. The van der Waals surface area contributed by atoms with E-state index in [1.54, 1.807) is 0 Å². The van der Waals surface area contributed by atoms with Crippen molar-refractivity contribution < 1.29 is 9.53 Å². The van der Waals surface area contributed by atoms with Crippen molar-refractivity contribution in [3.63, 3.8) is 0 Å². The van der Waals surface area contributed by atoms with Gasteiger partial charge < -0.3 is 15.0 Å². The van der Waals surface area contributed by atoms with Crippen LogP contribution in [0, 0.1) is 6.92 Å². The van der Waals surface area contributed by atoms with Crippen LogP contribution in [0.3, 0.4) is 0 Å². The van der Waals surface area contributed by atoms with Crippen molar-refractivity contribution in [1.29, 1.82) is 0 Å². The molecule has 0 aromatic carbocycles. The second-order valence-corrected chi connectivity index (χ2v) is 8.93. The molecule has 1 aromatic heterocycles. The largest absolute Gasteiger partial charge is 0.444 e. The van der Waals surface area contributed by atoms with Crippen LogP contribution in [0.1, 0.15) is 43.4 Å². The number of carbonyl (C=O) groups is 1. The van der Waals surface area contributed by atoms with Gasteiger partial charge in [-0.05, 0) is 62.5 Å². The van der Waals surface area contributed by atoms with Crippen LogP contribution in [0.5, 0.6) is 0 Å². The molecule has 0 atom stereocenters.